The van der Waals surface area contributed by atoms with Crippen LogP contribution in [-0.2, 0) is 24.3 Å². The van der Waals surface area contributed by atoms with Gasteiger partial charge in [-0.25, -0.2) is 0 Å². The highest BCUT2D eigenvalue weighted by atomic mass is 16.1. The maximum atomic E-state index is 12.4. The molecule has 0 heterocycles. The molecule has 0 aliphatic heterocycles. The quantitative estimate of drug-likeness (QED) is 0.658. The van der Waals surface area contributed by atoms with Crippen LogP contribution in [0.1, 0.15) is 22.3 Å². The highest BCUT2D eigenvalue weighted by molar-refractivity contribution is 5.79. The highest BCUT2D eigenvalue weighted by Gasteiger charge is 2.09. The van der Waals surface area contributed by atoms with Crippen molar-refractivity contribution in [3.63, 3.8) is 0 Å². The van der Waals surface area contributed by atoms with Crippen LogP contribution in [0, 0.1) is 6.92 Å². The van der Waals surface area contributed by atoms with E-state index in [4.69, 9.17) is 0 Å². The molecule has 0 aromatic heterocycles. The summed E-state index contributed by atoms with van der Waals surface area (Å²) in [5, 5.41) is 3.08. The summed E-state index contributed by atoms with van der Waals surface area (Å²) >= 11 is 0. The normalized spacial score (nSPS) is 10.9. The smallest absolute Gasteiger partial charge is 0.224 e. The summed E-state index contributed by atoms with van der Waals surface area (Å²) in [6, 6.07) is 24.9. The molecule has 28 heavy (non-hydrogen) atoms. The Morgan fingerprint density at radius 2 is 1.50 bits per heavy atom. The van der Waals surface area contributed by atoms with Crippen molar-refractivity contribution in [3.05, 3.63) is 95.1 Å². The minimum Gasteiger partial charge on any atom is -0.352 e. The second-order valence-electron chi connectivity index (χ2n) is 7.47. The van der Waals surface area contributed by atoms with Crippen molar-refractivity contribution in [2.45, 2.75) is 26.4 Å². The number of hydrogen-bond acceptors (Lipinski definition) is 2. The molecule has 0 unspecified atom stereocenters. The van der Waals surface area contributed by atoms with E-state index in [0.717, 1.165) is 28.8 Å². The first-order valence-electron chi connectivity index (χ1n) is 9.66. The van der Waals surface area contributed by atoms with Gasteiger partial charge in [0.05, 0.1) is 6.42 Å². The molecule has 3 aromatic carbocycles. The van der Waals surface area contributed by atoms with Crippen LogP contribution < -0.4 is 5.32 Å². The minimum atomic E-state index is 0.0467. The van der Waals surface area contributed by atoms with Crippen molar-refractivity contribution < 1.29 is 4.79 Å². The lowest BCUT2D eigenvalue weighted by molar-refractivity contribution is -0.120. The Bertz CT molecular complexity index is 929. The lowest BCUT2D eigenvalue weighted by Crippen LogP contribution is -2.25. The van der Waals surface area contributed by atoms with Gasteiger partial charge >= 0.3 is 0 Å². The minimum absolute atomic E-state index is 0.0467. The first-order valence-corrected chi connectivity index (χ1v) is 9.66. The maximum Gasteiger partial charge on any atom is 0.224 e. The van der Waals surface area contributed by atoms with Crippen LogP contribution in [-0.4, -0.2) is 24.9 Å². The third-order valence-corrected chi connectivity index (χ3v) is 4.87. The first-order chi connectivity index (χ1) is 13.5. The number of carbonyl (C=O) groups is 1. The molecular formula is C25H28N2O. The van der Waals surface area contributed by atoms with Gasteiger partial charge in [-0.1, -0.05) is 72.8 Å². The number of benzene rings is 3. The van der Waals surface area contributed by atoms with E-state index in [1.54, 1.807) is 0 Å². The molecule has 144 valence electrons. The zero-order valence-electron chi connectivity index (χ0n) is 16.9. The van der Waals surface area contributed by atoms with Gasteiger partial charge in [0, 0.05) is 13.1 Å². The lowest BCUT2D eigenvalue weighted by Gasteiger charge is -2.13. The van der Waals surface area contributed by atoms with Gasteiger partial charge in [0.15, 0.2) is 0 Å². The zero-order chi connectivity index (χ0) is 19.9. The molecule has 0 radical (unpaired) electrons. The molecule has 1 amide bonds. The SMILES string of the molecule is Cc1ccccc1CC(=O)NCc1ccccc1-c1ccc(CN(C)C)cc1. The average Bonchev–Trinajstić information content (AvgIpc) is 2.69. The van der Waals surface area contributed by atoms with Gasteiger partial charge in [0.25, 0.3) is 0 Å². The average molecular weight is 373 g/mol. The van der Waals surface area contributed by atoms with E-state index in [2.05, 4.69) is 60.7 Å². The third kappa shape index (κ3) is 5.30. The van der Waals surface area contributed by atoms with Crippen LogP contribution in [0.3, 0.4) is 0 Å². The summed E-state index contributed by atoms with van der Waals surface area (Å²) in [5.74, 6) is 0.0467. The Hall–Kier alpha value is -2.91. The van der Waals surface area contributed by atoms with E-state index >= 15 is 0 Å². The van der Waals surface area contributed by atoms with Crippen LogP contribution in [0.5, 0.6) is 0 Å². The molecule has 3 nitrogen and oxygen atoms in total. The monoisotopic (exact) mass is 372 g/mol. The van der Waals surface area contributed by atoms with Gasteiger partial charge in [-0.3, -0.25) is 4.79 Å². The predicted octanol–water partition coefficient (Wildman–Crippen LogP) is 4.58. The van der Waals surface area contributed by atoms with Gasteiger partial charge < -0.3 is 10.2 Å². The van der Waals surface area contributed by atoms with Crippen LogP contribution in [0.25, 0.3) is 11.1 Å². The second kappa shape index (κ2) is 9.34. The van der Waals surface area contributed by atoms with E-state index in [1.165, 1.54) is 11.1 Å². The van der Waals surface area contributed by atoms with Crippen LogP contribution in [0.4, 0.5) is 0 Å². The van der Waals surface area contributed by atoms with Gasteiger partial charge in [0.1, 0.15) is 0 Å². The largest absolute Gasteiger partial charge is 0.352 e. The molecule has 0 bridgehead atoms. The topological polar surface area (TPSA) is 32.3 Å². The fourth-order valence-electron chi connectivity index (χ4n) is 3.35. The van der Waals surface area contributed by atoms with Crippen molar-refractivity contribution in [1.29, 1.82) is 0 Å². The molecule has 0 saturated heterocycles. The van der Waals surface area contributed by atoms with Crippen molar-refractivity contribution in [1.82, 2.24) is 10.2 Å². The number of carbonyl (C=O) groups excluding carboxylic acids is 1. The summed E-state index contributed by atoms with van der Waals surface area (Å²) in [4.78, 5) is 14.6. The predicted molar refractivity (Wildman–Crippen MR) is 116 cm³/mol. The summed E-state index contributed by atoms with van der Waals surface area (Å²) < 4.78 is 0. The van der Waals surface area contributed by atoms with Gasteiger partial charge in [-0.15, -0.1) is 0 Å². The van der Waals surface area contributed by atoms with E-state index in [1.807, 2.05) is 43.3 Å². The highest BCUT2D eigenvalue weighted by Crippen LogP contribution is 2.24. The summed E-state index contributed by atoms with van der Waals surface area (Å²) in [7, 11) is 4.14. The Morgan fingerprint density at radius 3 is 2.18 bits per heavy atom. The number of aryl methyl sites for hydroxylation is 1. The molecular weight excluding hydrogens is 344 g/mol. The maximum absolute atomic E-state index is 12.4. The van der Waals surface area contributed by atoms with Crippen LogP contribution >= 0.6 is 0 Å². The summed E-state index contributed by atoms with van der Waals surface area (Å²) in [5.41, 5.74) is 6.97. The number of rotatable bonds is 7. The molecule has 0 aliphatic rings. The van der Waals surface area contributed by atoms with E-state index in [-0.39, 0.29) is 5.91 Å². The summed E-state index contributed by atoms with van der Waals surface area (Å²) in [6.07, 6.45) is 0.411. The van der Waals surface area contributed by atoms with Gasteiger partial charge in [0.2, 0.25) is 5.91 Å². The Kier molecular flexibility index (Phi) is 6.62. The molecule has 3 aromatic rings. The van der Waals surface area contributed by atoms with Crippen LogP contribution in [0.15, 0.2) is 72.8 Å². The zero-order valence-corrected chi connectivity index (χ0v) is 16.9. The number of nitrogens with zero attached hydrogens (tertiary/aromatic N) is 1. The van der Waals surface area contributed by atoms with Crippen molar-refractivity contribution in [3.8, 4) is 11.1 Å². The van der Waals surface area contributed by atoms with E-state index in [0.29, 0.717) is 13.0 Å². The first kappa shape index (κ1) is 19.8. The number of nitrogens with one attached hydrogen (secondary N) is 1. The molecule has 0 saturated carbocycles. The fourth-order valence-corrected chi connectivity index (χ4v) is 3.35. The second-order valence-corrected chi connectivity index (χ2v) is 7.47. The number of amides is 1. The molecule has 3 rings (SSSR count). The Morgan fingerprint density at radius 1 is 0.857 bits per heavy atom. The Balaban J connectivity index is 1.68. The van der Waals surface area contributed by atoms with E-state index < -0.39 is 0 Å². The third-order valence-electron chi connectivity index (χ3n) is 4.87. The molecule has 0 fully saturated rings. The molecule has 1 N–H and O–H groups in total. The molecule has 0 aliphatic carbocycles. The number of hydrogen-bond donors (Lipinski definition) is 1. The van der Waals surface area contributed by atoms with Crippen molar-refractivity contribution in [2.24, 2.45) is 0 Å². The van der Waals surface area contributed by atoms with Gasteiger partial charge in [-0.05, 0) is 54.4 Å². The summed E-state index contributed by atoms with van der Waals surface area (Å²) in [6.45, 7) is 3.50. The standard InChI is InChI=1S/C25H28N2O/c1-19-8-4-5-9-22(19)16-25(28)26-17-23-10-6-7-11-24(23)21-14-12-20(13-15-21)18-27(2)3/h4-15H,16-18H2,1-3H3,(H,26,28). The van der Waals surface area contributed by atoms with Crippen molar-refractivity contribution in [2.75, 3.05) is 14.1 Å². The lowest BCUT2D eigenvalue weighted by atomic mass is 9.98. The molecule has 0 atom stereocenters. The molecule has 0 spiro atoms. The van der Waals surface area contributed by atoms with Crippen molar-refractivity contribution >= 4 is 5.91 Å². The fraction of sp³-hybridized carbons (Fsp3) is 0.240. The van der Waals surface area contributed by atoms with Gasteiger partial charge in [-0.2, -0.15) is 0 Å². The Labute approximate surface area is 168 Å². The molecule has 3 heteroatoms. The van der Waals surface area contributed by atoms with Crippen LogP contribution in [0.2, 0.25) is 0 Å². The van der Waals surface area contributed by atoms with E-state index in [9.17, 15) is 4.79 Å².